The van der Waals surface area contributed by atoms with Gasteiger partial charge in [0.25, 0.3) is 5.56 Å². The first-order valence-electron chi connectivity index (χ1n) is 7.40. The first-order chi connectivity index (χ1) is 11.9. The number of hydrogen-bond donors (Lipinski definition) is 0. The SMILES string of the molecule is Cc1sc2ncn(CC(=O)c3ccc(OC(F)F)cc3)c(=O)c2c1C. The van der Waals surface area contributed by atoms with Crippen LogP contribution >= 0.6 is 11.3 Å². The molecule has 25 heavy (non-hydrogen) atoms. The lowest BCUT2D eigenvalue weighted by Crippen LogP contribution is -2.24. The number of nitrogens with zero attached hydrogens (tertiary/aromatic N) is 2. The Morgan fingerprint density at radius 1 is 1.28 bits per heavy atom. The van der Waals surface area contributed by atoms with Crippen molar-refractivity contribution < 1.29 is 18.3 Å². The molecule has 0 saturated heterocycles. The van der Waals surface area contributed by atoms with E-state index in [0.29, 0.717) is 15.8 Å². The van der Waals surface area contributed by atoms with Gasteiger partial charge in [-0.3, -0.25) is 14.2 Å². The molecular formula is C17H14F2N2O3S. The van der Waals surface area contributed by atoms with Crippen LogP contribution in [0.15, 0.2) is 35.4 Å². The minimum Gasteiger partial charge on any atom is -0.435 e. The Morgan fingerprint density at radius 2 is 1.96 bits per heavy atom. The van der Waals surface area contributed by atoms with E-state index in [1.165, 1.54) is 46.5 Å². The molecule has 0 amide bonds. The van der Waals surface area contributed by atoms with E-state index in [1.54, 1.807) is 0 Å². The third-order valence-electron chi connectivity index (χ3n) is 3.87. The lowest BCUT2D eigenvalue weighted by Gasteiger charge is -2.07. The van der Waals surface area contributed by atoms with Gasteiger partial charge in [-0.15, -0.1) is 11.3 Å². The molecule has 1 aromatic carbocycles. The molecule has 0 N–H and O–H groups in total. The number of thiophene rings is 1. The van der Waals surface area contributed by atoms with Crippen molar-refractivity contribution in [2.45, 2.75) is 27.0 Å². The van der Waals surface area contributed by atoms with Crippen LogP contribution in [0.25, 0.3) is 10.2 Å². The van der Waals surface area contributed by atoms with E-state index in [2.05, 4.69) is 9.72 Å². The van der Waals surface area contributed by atoms with Crippen LogP contribution < -0.4 is 10.3 Å². The van der Waals surface area contributed by atoms with Gasteiger partial charge in [0.1, 0.15) is 10.6 Å². The summed E-state index contributed by atoms with van der Waals surface area (Å²) in [5.74, 6) is -0.354. The number of carbonyl (C=O) groups excluding carboxylic acids is 1. The number of carbonyl (C=O) groups is 1. The van der Waals surface area contributed by atoms with E-state index in [4.69, 9.17) is 0 Å². The Balaban J connectivity index is 1.86. The molecule has 5 nitrogen and oxygen atoms in total. The molecule has 0 bridgehead atoms. The summed E-state index contributed by atoms with van der Waals surface area (Å²) in [7, 11) is 0. The van der Waals surface area contributed by atoms with Gasteiger partial charge in [-0.1, -0.05) is 0 Å². The summed E-state index contributed by atoms with van der Waals surface area (Å²) in [6, 6.07) is 5.35. The van der Waals surface area contributed by atoms with Crippen LogP contribution in [-0.4, -0.2) is 21.9 Å². The van der Waals surface area contributed by atoms with Crippen molar-refractivity contribution in [3.8, 4) is 5.75 Å². The number of aryl methyl sites for hydroxylation is 2. The smallest absolute Gasteiger partial charge is 0.387 e. The average molecular weight is 364 g/mol. The number of ether oxygens (including phenoxy) is 1. The summed E-state index contributed by atoms with van der Waals surface area (Å²) < 4.78 is 29.8. The monoisotopic (exact) mass is 364 g/mol. The zero-order valence-electron chi connectivity index (χ0n) is 13.5. The van der Waals surface area contributed by atoms with E-state index in [9.17, 15) is 18.4 Å². The normalized spacial score (nSPS) is 11.2. The molecule has 0 radical (unpaired) electrons. The van der Waals surface area contributed by atoms with Crippen LogP contribution in [0.3, 0.4) is 0 Å². The van der Waals surface area contributed by atoms with Crippen molar-refractivity contribution in [1.82, 2.24) is 9.55 Å². The Morgan fingerprint density at radius 3 is 2.60 bits per heavy atom. The minimum atomic E-state index is -2.92. The summed E-state index contributed by atoms with van der Waals surface area (Å²) in [6.45, 7) is 0.672. The van der Waals surface area contributed by atoms with E-state index < -0.39 is 6.61 Å². The van der Waals surface area contributed by atoms with Gasteiger partial charge in [0.05, 0.1) is 18.3 Å². The van der Waals surface area contributed by atoms with E-state index in [0.717, 1.165) is 10.4 Å². The highest BCUT2D eigenvalue weighted by atomic mass is 32.1. The zero-order valence-corrected chi connectivity index (χ0v) is 14.3. The zero-order chi connectivity index (χ0) is 18.1. The molecule has 0 saturated carbocycles. The Kier molecular flexibility index (Phi) is 4.63. The van der Waals surface area contributed by atoms with Gasteiger partial charge in [0, 0.05) is 10.4 Å². The van der Waals surface area contributed by atoms with Gasteiger partial charge in [0.15, 0.2) is 5.78 Å². The fourth-order valence-electron chi connectivity index (χ4n) is 2.45. The largest absolute Gasteiger partial charge is 0.435 e. The number of benzene rings is 1. The first-order valence-corrected chi connectivity index (χ1v) is 8.21. The predicted octanol–water partition coefficient (Wildman–Crippen LogP) is 3.56. The highest BCUT2D eigenvalue weighted by Gasteiger charge is 2.15. The number of fused-ring (bicyclic) bond motifs is 1. The molecule has 0 spiro atoms. The van der Waals surface area contributed by atoms with Crippen LogP contribution in [-0.2, 0) is 6.54 Å². The molecule has 0 aliphatic rings. The Labute approximate surface area is 145 Å². The van der Waals surface area contributed by atoms with Gasteiger partial charge in [-0.05, 0) is 43.7 Å². The maximum atomic E-state index is 12.6. The maximum absolute atomic E-state index is 12.6. The first kappa shape index (κ1) is 17.2. The molecule has 8 heteroatoms. The second-order valence-corrected chi connectivity index (χ2v) is 6.67. The Bertz CT molecular complexity index is 994. The molecule has 2 heterocycles. The average Bonchev–Trinajstić information content (AvgIpc) is 2.85. The van der Waals surface area contributed by atoms with Crippen LogP contribution in [0.5, 0.6) is 5.75 Å². The standard InChI is InChI=1S/C17H14F2N2O3S/c1-9-10(2)25-15-14(9)16(23)21(8-20-15)7-13(22)11-3-5-12(6-4-11)24-17(18)19/h3-6,8,17H,7H2,1-2H3. The van der Waals surface area contributed by atoms with Crippen LogP contribution in [0.4, 0.5) is 8.78 Å². The molecule has 0 fully saturated rings. The van der Waals surface area contributed by atoms with Gasteiger partial charge in [0.2, 0.25) is 0 Å². The molecule has 3 rings (SSSR count). The fourth-order valence-corrected chi connectivity index (χ4v) is 3.44. The molecule has 0 atom stereocenters. The quantitative estimate of drug-likeness (QED) is 0.650. The molecule has 3 aromatic rings. The van der Waals surface area contributed by atoms with Crippen molar-refractivity contribution in [2.24, 2.45) is 0 Å². The van der Waals surface area contributed by atoms with Crippen molar-refractivity contribution >= 4 is 27.3 Å². The topological polar surface area (TPSA) is 61.2 Å². The van der Waals surface area contributed by atoms with E-state index in [-0.39, 0.29) is 23.6 Å². The lowest BCUT2D eigenvalue weighted by atomic mass is 10.1. The predicted molar refractivity (Wildman–Crippen MR) is 90.8 cm³/mol. The highest BCUT2D eigenvalue weighted by molar-refractivity contribution is 7.18. The number of hydrogen-bond acceptors (Lipinski definition) is 5. The summed E-state index contributed by atoms with van der Waals surface area (Å²) in [5, 5.41) is 0.526. The maximum Gasteiger partial charge on any atom is 0.387 e. The van der Waals surface area contributed by atoms with Gasteiger partial charge in [-0.25, -0.2) is 4.98 Å². The Hall–Kier alpha value is -2.61. The summed E-state index contributed by atoms with van der Waals surface area (Å²) >= 11 is 1.44. The summed E-state index contributed by atoms with van der Waals surface area (Å²) in [6.07, 6.45) is 1.35. The summed E-state index contributed by atoms with van der Waals surface area (Å²) in [5.41, 5.74) is 0.900. The van der Waals surface area contributed by atoms with E-state index in [1.807, 2.05) is 13.8 Å². The van der Waals surface area contributed by atoms with Gasteiger partial charge < -0.3 is 4.74 Å². The van der Waals surface area contributed by atoms with Gasteiger partial charge >= 0.3 is 6.61 Å². The molecule has 2 aromatic heterocycles. The molecule has 0 aliphatic carbocycles. The second kappa shape index (κ2) is 6.72. The number of Topliss-reactive ketones (excluding diaryl/α,β-unsaturated/α-hetero) is 1. The second-order valence-electron chi connectivity index (χ2n) is 5.47. The number of aromatic nitrogens is 2. The highest BCUT2D eigenvalue weighted by Crippen LogP contribution is 2.25. The van der Waals surface area contributed by atoms with Gasteiger partial charge in [-0.2, -0.15) is 8.78 Å². The molecule has 0 unspecified atom stereocenters. The van der Waals surface area contributed by atoms with Crippen LogP contribution in [0, 0.1) is 13.8 Å². The lowest BCUT2D eigenvalue weighted by molar-refractivity contribution is -0.0498. The molecule has 130 valence electrons. The van der Waals surface area contributed by atoms with Crippen molar-refractivity contribution in [3.05, 3.63) is 57.0 Å². The van der Waals surface area contributed by atoms with Crippen molar-refractivity contribution in [3.63, 3.8) is 0 Å². The number of ketones is 1. The van der Waals surface area contributed by atoms with Crippen molar-refractivity contribution in [2.75, 3.05) is 0 Å². The van der Waals surface area contributed by atoms with Crippen molar-refractivity contribution in [1.29, 1.82) is 0 Å². The van der Waals surface area contributed by atoms with Crippen LogP contribution in [0.1, 0.15) is 20.8 Å². The minimum absolute atomic E-state index is 0.0313. The summed E-state index contributed by atoms with van der Waals surface area (Å²) in [4.78, 5) is 30.8. The van der Waals surface area contributed by atoms with Crippen LogP contribution in [0.2, 0.25) is 0 Å². The number of halogens is 2. The molecular weight excluding hydrogens is 350 g/mol. The molecule has 0 aliphatic heterocycles. The number of rotatable bonds is 5. The third-order valence-corrected chi connectivity index (χ3v) is 4.99. The van der Waals surface area contributed by atoms with E-state index >= 15 is 0 Å². The fraction of sp³-hybridized carbons (Fsp3) is 0.235. The number of alkyl halides is 2. The third kappa shape index (κ3) is 3.43.